The van der Waals surface area contributed by atoms with Crippen molar-refractivity contribution in [3.8, 4) is 0 Å². The van der Waals surface area contributed by atoms with Crippen molar-refractivity contribution in [3.63, 3.8) is 0 Å². The van der Waals surface area contributed by atoms with Gasteiger partial charge in [0.2, 0.25) is 11.8 Å². The number of hydrogen-bond acceptors (Lipinski definition) is 3. The summed E-state index contributed by atoms with van der Waals surface area (Å²) in [6, 6.07) is 4.56. The standard InChI is InChI=1S/C18H23F3N2O2/c1-11(24)22-15(17(2,3)4)16-23-14(10-25-16)9-12-5-7-13(8-6-12)18(19,20)21/h5-8,14-15H,9-10H2,1-4H3,(H,22,24)/t14?,15-/m1/s1. The Morgan fingerprint density at radius 3 is 2.36 bits per heavy atom. The third kappa shape index (κ3) is 5.21. The number of benzene rings is 1. The van der Waals surface area contributed by atoms with Crippen LogP contribution in [-0.2, 0) is 22.1 Å². The maximum Gasteiger partial charge on any atom is 0.416 e. The number of nitrogens with one attached hydrogen (secondary N) is 1. The Labute approximate surface area is 145 Å². The summed E-state index contributed by atoms with van der Waals surface area (Å²) in [6.07, 6.45) is -3.85. The van der Waals surface area contributed by atoms with Crippen LogP contribution in [0.2, 0.25) is 0 Å². The second kappa shape index (κ2) is 7.06. The minimum Gasteiger partial charge on any atom is -0.477 e. The third-order valence-electron chi connectivity index (χ3n) is 3.95. The van der Waals surface area contributed by atoms with Gasteiger partial charge in [-0.05, 0) is 29.5 Å². The summed E-state index contributed by atoms with van der Waals surface area (Å²) in [4.78, 5) is 16.0. The Morgan fingerprint density at radius 1 is 1.28 bits per heavy atom. The lowest BCUT2D eigenvalue weighted by molar-refractivity contribution is -0.137. The largest absolute Gasteiger partial charge is 0.477 e. The van der Waals surface area contributed by atoms with Gasteiger partial charge in [-0.15, -0.1) is 0 Å². The number of amides is 1. The van der Waals surface area contributed by atoms with Crippen LogP contribution in [0.5, 0.6) is 0 Å². The molecule has 1 amide bonds. The maximum absolute atomic E-state index is 12.6. The van der Waals surface area contributed by atoms with Gasteiger partial charge in [0.05, 0.1) is 11.6 Å². The summed E-state index contributed by atoms with van der Waals surface area (Å²) in [7, 11) is 0. The van der Waals surface area contributed by atoms with Crippen molar-refractivity contribution in [3.05, 3.63) is 35.4 Å². The molecule has 0 saturated carbocycles. The second-order valence-electron chi connectivity index (χ2n) is 7.33. The average molecular weight is 356 g/mol. The molecule has 0 bridgehead atoms. The van der Waals surface area contributed by atoms with Crippen LogP contribution in [-0.4, -0.2) is 30.5 Å². The molecule has 7 heteroatoms. The number of ether oxygens (including phenoxy) is 1. The van der Waals surface area contributed by atoms with Crippen molar-refractivity contribution in [2.24, 2.45) is 10.4 Å². The summed E-state index contributed by atoms with van der Waals surface area (Å²) >= 11 is 0. The monoisotopic (exact) mass is 356 g/mol. The van der Waals surface area contributed by atoms with Gasteiger partial charge in [-0.3, -0.25) is 4.79 Å². The van der Waals surface area contributed by atoms with E-state index in [2.05, 4.69) is 10.3 Å². The number of rotatable bonds is 4. The summed E-state index contributed by atoms with van der Waals surface area (Å²) in [5, 5.41) is 2.85. The minimum atomic E-state index is -4.33. The predicted octanol–water partition coefficient (Wildman–Crippen LogP) is 3.60. The Bertz CT molecular complexity index is 646. The maximum atomic E-state index is 12.6. The smallest absolute Gasteiger partial charge is 0.416 e. The quantitative estimate of drug-likeness (QED) is 0.896. The molecule has 25 heavy (non-hydrogen) atoms. The fourth-order valence-corrected chi connectivity index (χ4v) is 2.65. The first kappa shape index (κ1) is 19.3. The summed E-state index contributed by atoms with van der Waals surface area (Å²) in [5.41, 5.74) is -0.173. The molecule has 1 heterocycles. The highest BCUT2D eigenvalue weighted by atomic mass is 19.4. The highest BCUT2D eigenvalue weighted by molar-refractivity contribution is 5.88. The summed E-state index contributed by atoms with van der Waals surface area (Å²) in [5.74, 6) is 0.303. The first-order chi connectivity index (χ1) is 11.5. The highest BCUT2D eigenvalue weighted by Crippen LogP contribution is 2.29. The van der Waals surface area contributed by atoms with Gasteiger partial charge in [0.15, 0.2) is 0 Å². The number of carbonyl (C=O) groups is 1. The van der Waals surface area contributed by atoms with Crippen molar-refractivity contribution >= 4 is 11.8 Å². The molecule has 0 radical (unpaired) electrons. The summed E-state index contributed by atoms with van der Waals surface area (Å²) < 4.78 is 43.5. The number of carbonyl (C=O) groups excluding carboxylic acids is 1. The van der Waals surface area contributed by atoms with E-state index in [9.17, 15) is 18.0 Å². The molecule has 1 N–H and O–H groups in total. The topological polar surface area (TPSA) is 50.7 Å². The van der Waals surface area contributed by atoms with Gasteiger partial charge in [0.25, 0.3) is 0 Å². The van der Waals surface area contributed by atoms with Crippen LogP contribution in [0.1, 0.15) is 38.8 Å². The highest BCUT2D eigenvalue weighted by Gasteiger charge is 2.35. The number of aliphatic imine (C=N–C) groups is 1. The lowest BCUT2D eigenvalue weighted by atomic mass is 9.86. The van der Waals surface area contributed by atoms with E-state index in [-0.39, 0.29) is 23.4 Å². The zero-order valence-corrected chi connectivity index (χ0v) is 14.8. The van der Waals surface area contributed by atoms with Crippen LogP contribution in [0.4, 0.5) is 13.2 Å². The van der Waals surface area contributed by atoms with Crippen molar-refractivity contribution in [2.45, 2.75) is 52.4 Å². The number of hydrogen-bond donors (Lipinski definition) is 1. The Hall–Kier alpha value is -2.05. The zero-order valence-electron chi connectivity index (χ0n) is 14.8. The second-order valence-corrected chi connectivity index (χ2v) is 7.33. The number of alkyl halides is 3. The van der Waals surface area contributed by atoms with E-state index < -0.39 is 11.7 Å². The first-order valence-electron chi connectivity index (χ1n) is 8.10. The lowest BCUT2D eigenvalue weighted by Crippen LogP contribution is -2.48. The molecular formula is C18H23F3N2O2. The van der Waals surface area contributed by atoms with E-state index >= 15 is 0 Å². The van der Waals surface area contributed by atoms with E-state index in [1.165, 1.54) is 19.1 Å². The Morgan fingerprint density at radius 2 is 1.88 bits per heavy atom. The molecular weight excluding hydrogens is 333 g/mol. The molecule has 4 nitrogen and oxygen atoms in total. The van der Waals surface area contributed by atoms with E-state index in [0.717, 1.165) is 17.7 Å². The molecule has 138 valence electrons. The number of halogens is 3. The summed E-state index contributed by atoms with van der Waals surface area (Å²) in [6.45, 7) is 7.71. The van der Waals surface area contributed by atoms with Gasteiger partial charge in [-0.1, -0.05) is 32.9 Å². The fourth-order valence-electron chi connectivity index (χ4n) is 2.65. The van der Waals surface area contributed by atoms with Crippen LogP contribution in [0.15, 0.2) is 29.3 Å². The normalized spacial score (nSPS) is 19.2. The number of nitrogens with zero attached hydrogens (tertiary/aromatic N) is 1. The molecule has 1 unspecified atom stereocenters. The lowest BCUT2D eigenvalue weighted by Gasteiger charge is -2.30. The molecule has 1 aromatic rings. The van der Waals surface area contributed by atoms with Crippen LogP contribution in [0.3, 0.4) is 0 Å². The molecule has 2 atom stereocenters. The van der Waals surface area contributed by atoms with Gasteiger partial charge >= 0.3 is 6.18 Å². The van der Waals surface area contributed by atoms with E-state index in [1.807, 2.05) is 20.8 Å². The molecule has 1 aromatic carbocycles. The van der Waals surface area contributed by atoms with E-state index in [4.69, 9.17) is 4.74 Å². The van der Waals surface area contributed by atoms with Gasteiger partial charge < -0.3 is 10.1 Å². The van der Waals surface area contributed by atoms with Crippen molar-refractivity contribution in [1.29, 1.82) is 0 Å². The van der Waals surface area contributed by atoms with Crippen LogP contribution in [0, 0.1) is 5.41 Å². The van der Waals surface area contributed by atoms with Crippen molar-refractivity contribution in [2.75, 3.05) is 6.61 Å². The third-order valence-corrected chi connectivity index (χ3v) is 3.95. The first-order valence-corrected chi connectivity index (χ1v) is 8.10. The Kier molecular flexibility index (Phi) is 5.44. The molecule has 0 spiro atoms. The van der Waals surface area contributed by atoms with Crippen LogP contribution in [0.25, 0.3) is 0 Å². The fraction of sp³-hybridized carbons (Fsp3) is 0.556. The molecule has 1 aliphatic rings. The van der Waals surface area contributed by atoms with Crippen LogP contribution >= 0.6 is 0 Å². The van der Waals surface area contributed by atoms with Gasteiger partial charge in [0, 0.05) is 6.92 Å². The molecule has 1 aliphatic heterocycles. The molecule has 0 aromatic heterocycles. The molecule has 0 aliphatic carbocycles. The predicted molar refractivity (Wildman–Crippen MR) is 89.4 cm³/mol. The van der Waals surface area contributed by atoms with Crippen molar-refractivity contribution in [1.82, 2.24) is 5.32 Å². The van der Waals surface area contributed by atoms with Crippen LogP contribution < -0.4 is 5.32 Å². The SMILES string of the molecule is CC(=O)N[C@H](C1=NC(Cc2ccc(C(F)(F)F)cc2)CO1)C(C)(C)C. The van der Waals surface area contributed by atoms with Gasteiger partial charge in [-0.2, -0.15) is 13.2 Å². The Balaban J connectivity index is 2.08. The van der Waals surface area contributed by atoms with E-state index in [1.54, 1.807) is 0 Å². The molecule has 0 fully saturated rings. The minimum absolute atomic E-state index is 0.169. The van der Waals surface area contributed by atoms with Gasteiger partial charge in [-0.25, -0.2) is 4.99 Å². The average Bonchev–Trinajstić information content (AvgIpc) is 2.91. The molecule has 0 saturated heterocycles. The van der Waals surface area contributed by atoms with Gasteiger partial charge in [0.1, 0.15) is 12.6 Å². The van der Waals surface area contributed by atoms with E-state index in [0.29, 0.717) is 18.9 Å². The molecule has 2 rings (SSSR count). The zero-order chi connectivity index (χ0) is 18.8. The van der Waals surface area contributed by atoms with Crippen molar-refractivity contribution < 1.29 is 22.7 Å².